The van der Waals surface area contributed by atoms with Crippen LogP contribution < -0.4 is 0 Å². The minimum Gasteiger partial charge on any atom is -0.389 e. The fourth-order valence-electron chi connectivity index (χ4n) is 2.32. The molecule has 1 fully saturated rings. The van der Waals surface area contributed by atoms with E-state index in [0.717, 1.165) is 4.47 Å². The van der Waals surface area contributed by atoms with E-state index in [4.69, 9.17) is 4.74 Å². The van der Waals surface area contributed by atoms with Crippen LogP contribution in [0.1, 0.15) is 25.3 Å². The van der Waals surface area contributed by atoms with Crippen LogP contribution in [-0.4, -0.2) is 23.4 Å². The van der Waals surface area contributed by atoms with Crippen LogP contribution in [0.15, 0.2) is 22.7 Å². The third-order valence-electron chi connectivity index (χ3n) is 3.14. The molecule has 17 heavy (non-hydrogen) atoms. The monoisotopic (exact) mass is 302 g/mol. The zero-order chi connectivity index (χ0) is 12.5. The van der Waals surface area contributed by atoms with Crippen LogP contribution in [0.4, 0.5) is 4.39 Å². The molecule has 0 radical (unpaired) electrons. The van der Waals surface area contributed by atoms with Crippen LogP contribution in [0.25, 0.3) is 0 Å². The highest BCUT2D eigenvalue weighted by molar-refractivity contribution is 9.10. The van der Waals surface area contributed by atoms with E-state index >= 15 is 0 Å². The van der Waals surface area contributed by atoms with Crippen molar-refractivity contribution >= 4 is 15.9 Å². The molecule has 1 aliphatic carbocycles. The van der Waals surface area contributed by atoms with Gasteiger partial charge in [-0.2, -0.15) is 0 Å². The molecule has 0 aliphatic heterocycles. The lowest BCUT2D eigenvalue weighted by Crippen LogP contribution is -2.50. The fraction of sp³-hybridized carbons (Fsp3) is 0.538. The molecule has 1 N–H and O–H groups in total. The number of aliphatic hydroxyl groups is 1. The van der Waals surface area contributed by atoms with Gasteiger partial charge in [0.25, 0.3) is 0 Å². The Morgan fingerprint density at radius 1 is 1.53 bits per heavy atom. The Hall–Kier alpha value is -0.450. The van der Waals surface area contributed by atoms with Gasteiger partial charge in [0.05, 0.1) is 11.7 Å². The smallest absolute Gasteiger partial charge is 0.126 e. The minimum atomic E-state index is -0.804. The number of hydrogen-bond donors (Lipinski definition) is 1. The van der Waals surface area contributed by atoms with Crippen molar-refractivity contribution in [3.63, 3.8) is 0 Å². The number of ether oxygens (including phenoxy) is 1. The zero-order valence-corrected chi connectivity index (χ0v) is 11.3. The average Bonchev–Trinajstić information content (AvgIpc) is 2.22. The van der Waals surface area contributed by atoms with E-state index in [9.17, 15) is 9.50 Å². The summed E-state index contributed by atoms with van der Waals surface area (Å²) in [5.41, 5.74) is -0.251. The third kappa shape index (κ3) is 3.06. The minimum absolute atomic E-state index is 0.125. The molecule has 1 saturated carbocycles. The summed E-state index contributed by atoms with van der Waals surface area (Å²) >= 11 is 3.31. The first-order valence-electron chi connectivity index (χ1n) is 5.80. The van der Waals surface area contributed by atoms with Crippen molar-refractivity contribution in [1.82, 2.24) is 0 Å². The average molecular weight is 303 g/mol. The molecule has 0 aromatic heterocycles. The maximum absolute atomic E-state index is 13.5. The van der Waals surface area contributed by atoms with E-state index in [1.807, 2.05) is 6.92 Å². The first-order chi connectivity index (χ1) is 8.02. The van der Waals surface area contributed by atoms with Crippen molar-refractivity contribution in [3.8, 4) is 0 Å². The SMILES string of the molecule is CCOC1CC(O)(Cc2cc(Br)ccc2F)C1. The van der Waals surface area contributed by atoms with Gasteiger partial charge in [-0.25, -0.2) is 4.39 Å². The Bertz CT molecular complexity index is 402. The lowest BCUT2D eigenvalue weighted by Gasteiger charge is -2.43. The van der Waals surface area contributed by atoms with Crippen molar-refractivity contribution in [2.75, 3.05) is 6.61 Å². The Balaban J connectivity index is 2.00. The Morgan fingerprint density at radius 2 is 2.24 bits per heavy atom. The van der Waals surface area contributed by atoms with Crippen molar-refractivity contribution in [1.29, 1.82) is 0 Å². The van der Waals surface area contributed by atoms with Crippen LogP contribution >= 0.6 is 15.9 Å². The molecule has 4 heteroatoms. The van der Waals surface area contributed by atoms with E-state index in [-0.39, 0.29) is 11.9 Å². The van der Waals surface area contributed by atoms with Crippen molar-refractivity contribution in [2.45, 2.75) is 37.9 Å². The first-order valence-corrected chi connectivity index (χ1v) is 6.59. The first kappa shape index (κ1) is 13.0. The van der Waals surface area contributed by atoms with Gasteiger partial charge in [0.2, 0.25) is 0 Å². The van der Waals surface area contributed by atoms with Gasteiger partial charge in [0, 0.05) is 30.3 Å². The Labute approximate surface area is 109 Å². The predicted octanol–water partition coefficient (Wildman–Crippen LogP) is 3.06. The third-order valence-corrected chi connectivity index (χ3v) is 3.64. The standard InChI is InChI=1S/C13H16BrFO2/c1-2-17-11-7-13(16,8-11)6-9-5-10(14)3-4-12(9)15/h3-5,11,16H,2,6-8H2,1H3. The molecule has 1 aromatic rings. The molecule has 0 saturated heterocycles. The summed E-state index contributed by atoms with van der Waals surface area (Å²) in [6.45, 7) is 2.59. The molecule has 2 rings (SSSR count). The van der Waals surface area contributed by atoms with Crippen molar-refractivity contribution in [2.24, 2.45) is 0 Å². The lowest BCUT2D eigenvalue weighted by atomic mass is 9.73. The predicted molar refractivity (Wildman–Crippen MR) is 67.4 cm³/mol. The number of hydrogen-bond acceptors (Lipinski definition) is 2. The summed E-state index contributed by atoms with van der Waals surface area (Å²) in [6, 6.07) is 4.80. The summed E-state index contributed by atoms with van der Waals surface area (Å²) in [6.07, 6.45) is 1.65. The number of rotatable bonds is 4. The van der Waals surface area contributed by atoms with Gasteiger partial charge in [-0.1, -0.05) is 15.9 Å². The highest BCUT2D eigenvalue weighted by Gasteiger charge is 2.43. The van der Waals surface area contributed by atoms with Crippen LogP contribution in [0, 0.1) is 5.82 Å². The van der Waals surface area contributed by atoms with E-state index in [1.54, 1.807) is 12.1 Å². The van der Waals surface area contributed by atoms with Gasteiger partial charge in [0.15, 0.2) is 0 Å². The zero-order valence-electron chi connectivity index (χ0n) is 9.75. The topological polar surface area (TPSA) is 29.5 Å². The maximum atomic E-state index is 13.5. The molecular formula is C13H16BrFO2. The lowest BCUT2D eigenvalue weighted by molar-refractivity contribution is -0.136. The van der Waals surface area contributed by atoms with Crippen LogP contribution in [0.3, 0.4) is 0 Å². The molecule has 0 unspecified atom stereocenters. The van der Waals surface area contributed by atoms with E-state index in [1.165, 1.54) is 6.07 Å². The number of halogens is 2. The van der Waals surface area contributed by atoms with Crippen molar-refractivity contribution in [3.05, 3.63) is 34.1 Å². The van der Waals surface area contributed by atoms with E-state index in [2.05, 4.69) is 15.9 Å². The van der Waals surface area contributed by atoms with Gasteiger partial charge >= 0.3 is 0 Å². The Kier molecular flexibility index (Phi) is 3.85. The van der Waals surface area contributed by atoms with Crippen LogP contribution in [0.5, 0.6) is 0 Å². The molecular weight excluding hydrogens is 287 g/mol. The number of benzene rings is 1. The second kappa shape index (κ2) is 5.04. The van der Waals surface area contributed by atoms with Gasteiger partial charge in [-0.3, -0.25) is 0 Å². The summed E-state index contributed by atoms with van der Waals surface area (Å²) < 4.78 is 19.8. The maximum Gasteiger partial charge on any atom is 0.126 e. The van der Waals surface area contributed by atoms with E-state index in [0.29, 0.717) is 31.4 Å². The summed E-state index contributed by atoms with van der Waals surface area (Å²) in [5.74, 6) is -0.263. The van der Waals surface area contributed by atoms with Gasteiger partial charge in [-0.05, 0) is 30.7 Å². The van der Waals surface area contributed by atoms with Gasteiger partial charge in [-0.15, -0.1) is 0 Å². The fourth-order valence-corrected chi connectivity index (χ4v) is 2.73. The molecule has 0 atom stereocenters. The molecule has 0 bridgehead atoms. The van der Waals surface area contributed by atoms with Gasteiger partial charge in [0.1, 0.15) is 5.82 Å². The second-order valence-corrected chi connectivity index (χ2v) is 5.54. The Morgan fingerprint density at radius 3 is 2.88 bits per heavy atom. The van der Waals surface area contributed by atoms with Gasteiger partial charge < -0.3 is 9.84 Å². The highest BCUT2D eigenvalue weighted by Crippen LogP contribution is 2.38. The molecule has 0 heterocycles. The quantitative estimate of drug-likeness (QED) is 0.926. The second-order valence-electron chi connectivity index (χ2n) is 4.62. The highest BCUT2D eigenvalue weighted by atomic mass is 79.9. The normalized spacial score (nSPS) is 27.9. The van der Waals surface area contributed by atoms with E-state index < -0.39 is 5.60 Å². The molecule has 0 amide bonds. The molecule has 1 aliphatic rings. The van der Waals surface area contributed by atoms with Crippen LogP contribution in [-0.2, 0) is 11.2 Å². The molecule has 2 nitrogen and oxygen atoms in total. The molecule has 94 valence electrons. The van der Waals surface area contributed by atoms with Crippen LogP contribution in [0.2, 0.25) is 0 Å². The summed E-state index contributed by atoms with van der Waals surface area (Å²) in [7, 11) is 0. The molecule has 1 aromatic carbocycles. The summed E-state index contributed by atoms with van der Waals surface area (Å²) in [5, 5.41) is 10.2. The summed E-state index contributed by atoms with van der Waals surface area (Å²) in [4.78, 5) is 0. The largest absolute Gasteiger partial charge is 0.389 e. The molecule has 0 spiro atoms. The van der Waals surface area contributed by atoms with Crippen molar-refractivity contribution < 1.29 is 14.2 Å².